The summed E-state index contributed by atoms with van der Waals surface area (Å²) in [4.78, 5) is 0. The van der Waals surface area contributed by atoms with Crippen molar-refractivity contribution in [2.45, 2.75) is 52.5 Å². The highest BCUT2D eigenvalue weighted by Gasteiger charge is 2.23. The zero-order valence-electron chi connectivity index (χ0n) is 11.4. The Morgan fingerprint density at radius 3 is 2.24 bits per heavy atom. The molecule has 1 saturated carbocycles. The molecule has 0 radical (unpaired) electrons. The maximum absolute atomic E-state index is 11.3. The van der Waals surface area contributed by atoms with Crippen LogP contribution in [-0.4, -0.2) is 32.5 Å². The van der Waals surface area contributed by atoms with E-state index in [1.54, 1.807) is 6.92 Å². The van der Waals surface area contributed by atoms with Crippen molar-refractivity contribution in [1.82, 2.24) is 5.32 Å². The number of hydrogen-bond donors (Lipinski definition) is 1. The number of sulfone groups is 1. The van der Waals surface area contributed by atoms with Crippen LogP contribution in [0.25, 0.3) is 0 Å². The number of nitrogens with one attached hydrogen (secondary N) is 1. The smallest absolute Gasteiger partial charge is 0.150 e. The summed E-state index contributed by atoms with van der Waals surface area (Å²) >= 11 is 0. The lowest BCUT2D eigenvalue weighted by molar-refractivity contribution is 0.239. The predicted octanol–water partition coefficient (Wildman–Crippen LogP) is 2.23. The van der Waals surface area contributed by atoms with Crippen LogP contribution < -0.4 is 5.32 Å². The van der Waals surface area contributed by atoms with Gasteiger partial charge in [0.2, 0.25) is 0 Å². The third kappa shape index (κ3) is 5.87. The molecule has 2 unspecified atom stereocenters. The van der Waals surface area contributed by atoms with Gasteiger partial charge in [-0.2, -0.15) is 0 Å². The molecule has 0 bridgehead atoms. The molecule has 0 saturated heterocycles. The number of hydrogen-bond acceptors (Lipinski definition) is 3. The predicted molar refractivity (Wildman–Crippen MR) is 72.9 cm³/mol. The van der Waals surface area contributed by atoms with E-state index in [1.807, 2.05) is 0 Å². The largest absolute Gasteiger partial charge is 0.314 e. The van der Waals surface area contributed by atoms with E-state index >= 15 is 0 Å². The summed E-state index contributed by atoms with van der Waals surface area (Å²) in [5.41, 5.74) is 0. The Morgan fingerprint density at radius 1 is 1.12 bits per heavy atom. The molecule has 102 valence electrons. The van der Waals surface area contributed by atoms with Crippen LogP contribution in [0.2, 0.25) is 0 Å². The zero-order valence-corrected chi connectivity index (χ0v) is 12.2. The van der Waals surface area contributed by atoms with Gasteiger partial charge in [-0.15, -0.1) is 0 Å². The Hall–Kier alpha value is -0.0900. The molecule has 0 heterocycles. The lowest BCUT2D eigenvalue weighted by Crippen LogP contribution is -2.37. The SMILES string of the molecule is CCS(=O)(=O)CCCNC1CC(C)CC(C)C1. The van der Waals surface area contributed by atoms with E-state index in [1.165, 1.54) is 19.3 Å². The third-order valence-electron chi connectivity index (χ3n) is 3.68. The van der Waals surface area contributed by atoms with E-state index in [0.29, 0.717) is 11.8 Å². The summed E-state index contributed by atoms with van der Waals surface area (Å²) in [6.45, 7) is 7.17. The standard InChI is InChI=1S/C13H27NO2S/c1-4-17(15,16)7-5-6-14-13-9-11(2)8-12(3)10-13/h11-14H,4-10H2,1-3H3. The van der Waals surface area contributed by atoms with Gasteiger partial charge in [0.05, 0.1) is 5.75 Å². The average molecular weight is 261 g/mol. The zero-order chi connectivity index (χ0) is 12.9. The van der Waals surface area contributed by atoms with Gasteiger partial charge in [-0.3, -0.25) is 0 Å². The van der Waals surface area contributed by atoms with Gasteiger partial charge in [0.15, 0.2) is 0 Å². The summed E-state index contributed by atoms with van der Waals surface area (Å²) in [5, 5.41) is 3.51. The fourth-order valence-electron chi connectivity index (χ4n) is 2.86. The molecule has 1 rings (SSSR count). The Bertz CT molecular complexity index is 303. The Kier molecular flexibility index (Phi) is 5.93. The molecule has 1 N–H and O–H groups in total. The Balaban J connectivity index is 2.18. The van der Waals surface area contributed by atoms with Crippen LogP contribution in [0, 0.1) is 11.8 Å². The first-order chi connectivity index (χ1) is 7.93. The van der Waals surface area contributed by atoms with E-state index in [0.717, 1.165) is 24.8 Å². The second-order valence-corrected chi connectivity index (χ2v) is 8.13. The topological polar surface area (TPSA) is 46.2 Å². The molecule has 1 aliphatic carbocycles. The van der Waals surface area contributed by atoms with Crippen molar-refractivity contribution < 1.29 is 8.42 Å². The highest BCUT2D eigenvalue weighted by molar-refractivity contribution is 7.91. The van der Waals surface area contributed by atoms with Crippen LogP contribution in [0.3, 0.4) is 0 Å². The van der Waals surface area contributed by atoms with Gasteiger partial charge in [0.1, 0.15) is 9.84 Å². The van der Waals surface area contributed by atoms with E-state index in [2.05, 4.69) is 19.2 Å². The molecule has 1 aliphatic rings. The normalized spacial score (nSPS) is 30.4. The van der Waals surface area contributed by atoms with Crippen LogP contribution in [0.5, 0.6) is 0 Å². The molecular formula is C13H27NO2S. The fourth-order valence-corrected chi connectivity index (χ4v) is 3.73. The molecule has 0 aliphatic heterocycles. The quantitative estimate of drug-likeness (QED) is 0.746. The fraction of sp³-hybridized carbons (Fsp3) is 1.00. The van der Waals surface area contributed by atoms with Crippen molar-refractivity contribution in [3.8, 4) is 0 Å². The lowest BCUT2D eigenvalue weighted by Gasteiger charge is -2.32. The Morgan fingerprint density at radius 2 is 1.71 bits per heavy atom. The summed E-state index contributed by atoms with van der Waals surface area (Å²) < 4.78 is 22.7. The van der Waals surface area contributed by atoms with Gasteiger partial charge in [0.25, 0.3) is 0 Å². The maximum atomic E-state index is 11.3. The molecule has 2 atom stereocenters. The minimum atomic E-state index is -2.78. The minimum absolute atomic E-state index is 0.268. The molecule has 1 fully saturated rings. The van der Waals surface area contributed by atoms with Crippen LogP contribution in [0.15, 0.2) is 0 Å². The van der Waals surface area contributed by atoms with Crippen LogP contribution >= 0.6 is 0 Å². The third-order valence-corrected chi connectivity index (χ3v) is 5.47. The molecule has 0 amide bonds. The average Bonchev–Trinajstić information content (AvgIpc) is 2.23. The van der Waals surface area contributed by atoms with Crippen LogP contribution in [0.1, 0.15) is 46.5 Å². The highest BCUT2D eigenvalue weighted by atomic mass is 32.2. The summed E-state index contributed by atoms with van der Waals surface area (Å²) in [5.74, 6) is 2.20. The molecular weight excluding hydrogens is 234 g/mol. The second kappa shape index (κ2) is 6.74. The maximum Gasteiger partial charge on any atom is 0.150 e. The summed E-state index contributed by atoms with van der Waals surface area (Å²) in [7, 11) is -2.78. The van der Waals surface area contributed by atoms with Crippen molar-refractivity contribution in [3.05, 3.63) is 0 Å². The van der Waals surface area contributed by atoms with Gasteiger partial charge >= 0.3 is 0 Å². The van der Waals surface area contributed by atoms with Gasteiger partial charge in [0, 0.05) is 11.8 Å². The van der Waals surface area contributed by atoms with Crippen molar-refractivity contribution in [3.63, 3.8) is 0 Å². The molecule has 4 heteroatoms. The monoisotopic (exact) mass is 261 g/mol. The lowest BCUT2D eigenvalue weighted by atomic mass is 9.80. The van der Waals surface area contributed by atoms with Gasteiger partial charge in [-0.1, -0.05) is 20.8 Å². The first-order valence-electron chi connectivity index (χ1n) is 6.86. The highest BCUT2D eigenvalue weighted by Crippen LogP contribution is 2.28. The van der Waals surface area contributed by atoms with Crippen molar-refractivity contribution in [2.24, 2.45) is 11.8 Å². The summed E-state index contributed by atoms with van der Waals surface area (Å²) in [6.07, 6.45) is 4.56. The number of rotatable bonds is 6. The van der Waals surface area contributed by atoms with Gasteiger partial charge in [-0.25, -0.2) is 8.42 Å². The molecule has 3 nitrogen and oxygen atoms in total. The minimum Gasteiger partial charge on any atom is -0.314 e. The van der Waals surface area contributed by atoms with Crippen LogP contribution in [-0.2, 0) is 9.84 Å². The molecule has 0 aromatic heterocycles. The molecule has 17 heavy (non-hydrogen) atoms. The summed E-state index contributed by atoms with van der Waals surface area (Å²) in [6, 6.07) is 0.595. The van der Waals surface area contributed by atoms with Gasteiger partial charge in [-0.05, 0) is 44.1 Å². The van der Waals surface area contributed by atoms with Crippen molar-refractivity contribution >= 4 is 9.84 Å². The van der Waals surface area contributed by atoms with E-state index in [9.17, 15) is 8.42 Å². The van der Waals surface area contributed by atoms with Crippen molar-refractivity contribution in [1.29, 1.82) is 0 Å². The molecule has 0 aromatic rings. The van der Waals surface area contributed by atoms with E-state index in [4.69, 9.17) is 0 Å². The van der Waals surface area contributed by atoms with Crippen molar-refractivity contribution in [2.75, 3.05) is 18.1 Å². The van der Waals surface area contributed by atoms with Gasteiger partial charge < -0.3 is 5.32 Å². The first-order valence-corrected chi connectivity index (χ1v) is 8.69. The molecule has 0 aromatic carbocycles. The van der Waals surface area contributed by atoms with Crippen LogP contribution in [0.4, 0.5) is 0 Å². The molecule has 0 spiro atoms. The second-order valence-electron chi connectivity index (χ2n) is 5.66. The first kappa shape index (κ1) is 15.0. The Labute approximate surface area is 106 Å². The van der Waals surface area contributed by atoms with E-state index in [-0.39, 0.29) is 5.75 Å². The van der Waals surface area contributed by atoms with E-state index < -0.39 is 9.84 Å².